The Morgan fingerprint density at radius 3 is 2.46 bits per heavy atom. The maximum Gasteiger partial charge on any atom is 0.230 e. The highest BCUT2D eigenvalue weighted by molar-refractivity contribution is 6.31. The number of amides is 1. The number of aryl methyl sites for hydroxylation is 3. The van der Waals surface area contributed by atoms with Crippen molar-refractivity contribution in [3.05, 3.63) is 58.1 Å². The van der Waals surface area contributed by atoms with E-state index in [1.54, 1.807) is 6.07 Å². The first-order chi connectivity index (χ1) is 12.2. The fourth-order valence-electron chi connectivity index (χ4n) is 2.64. The summed E-state index contributed by atoms with van der Waals surface area (Å²) in [6.45, 7) is 10.5. The largest absolute Gasteiger partial charge is 0.493 e. The number of hydrogen-bond acceptors (Lipinski definition) is 2. The van der Waals surface area contributed by atoms with Crippen LogP contribution in [-0.4, -0.2) is 12.5 Å². The predicted octanol–water partition coefficient (Wildman–Crippen LogP) is 6.09. The van der Waals surface area contributed by atoms with Gasteiger partial charge in [0.15, 0.2) is 0 Å². The molecule has 0 saturated carbocycles. The second kappa shape index (κ2) is 8.59. The molecule has 140 valence electrons. The van der Waals surface area contributed by atoms with E-state index >= 15 is 0 Å². The highest BCUT2D eigenvalue weighted by Gasteiger charge is 2.27. The second-order valence-electron chi connectivity index (χ2n) is 7.52. The average molecular weight is 374 g/mol. The lowest BCUT2D eigenvalue weighted by Crippen LogP contribution is -2.31. The van der Waals surface area contributed by atoms with Gasteiger partial charge < -0.3 is 10.1 Å². The first-order valence-corrected chi connectivity index (χ1v) is 9.34. The second-order valence-corrected chi connectivity index (χ2v) is 7.93. The maximum absolute atomic E-state index is 12.6. The maximum atomic E-state index is 12.6. The van der Waals surface area contributed by atoms with E-state index in [-0.39, 0.29) is 5.91 Å². The summed E-state index contributed by atoms with van der Waals surface area (Å²) in [7, 11) is 0. The summed E-state index contributed by atoms with van der Waals surface area (Å²) in [4.78, 5) is 12.6. The summed E-state index contributed by atoms with van der Waals surface area (Å²) in [5, 5.41) is 3.62. The Bertz CT molecular complexity index is 784. The third-order valence-corrected chi connectivity index (χ3v) is 5.00. The zero-order valence-electron chi connectivity index (χ0n) is 16.3. The minimum atomic E-state index is -0.484. The molecule has 0 heterocycles. The molecule has 2 aromatic rings. The van der Waals surface area contributed by atoms with Crippen molar-refractivity contribution in [2.24, 2.45) is 5.41 Å². The molecule has 0 unspecified atom stereocenters. The molecular formula is C22H28ClNO2. The monoisotopic (exact) mass is 373 g/mol. The van der Waals surface area contributed by atoms with Crippen molar-refractivity contribution in [2.75, 3.05) is 11.9 Å². The number of anilines is 1. The van der Waals surface area contributed by atoms with Crippen molar-refractivity contribution < 1.29 is 9.53 Å². The van der Waals surface area contributed by atoms with E-state index in [0.717, 1.165) is 35.4 Å². The molecule has 2 rings (SSSR count). The molecule has 0 radical (unpaired) electrons. The third-order valence-electron chi connectivity index (χ3n) is 4.59. The molecule has 0 aliphatic carbocycles. The molecule has 0 fully saturated rings. The number of benzene rings is 2. The molecular weight excluding hydrogens is 346 g/mol. The average Bonchev–Trinajstić information content (AvgIpc) is 2.58. The molecule has 0 aliphatic rings. The van der Waals surface area contributed by atoms with Crippen LogP contribution in [0.25, 0.3) is 0 Å². The number of carbonyl (C=O) groups excluding carboxylic acids is 1. The number of rotatable bonds is 7. The number of hydrogen-bond donors (Lipinski definition) is 1. The van der Waals surface area contributed by atoms with Gasteiger partial charge in [0.1, 0.15) is 5.75 Å². The van der Waals surface area contributed by atoms with Gasteiger partial charge in [-0.3, -0.25) is 4.79 Å². The Balaban J connectivity index is 1.86. The molecule has 0 aromatic heterocycles. The fourth-order valence-corrected chi connectivity index (χ4v) is 2.82. The Morgan fingerprint density at radius 1 is 1.08 bits per heavy atom. The molecule has 0 spiro atoms. The van der Waals surface area contributed by atoms with E-state index in [0.29, 0.717) is 11.6 Å². The first kappa shape index (κ1) is 20.3. The van der Waals surface area contributed by atoms with Crippen molar-refractivity contribution >= 4 is 23.2 Å². The highest BCUT2D eigenvalue weighted by atomic mass is 35.5. The van der Waals surface area contributed by atoms with Crippen LogP contribution in [0.5, 0.6) is 5.75 Å². The van der Waals surface area contributed by atoms with Crippen LogP contribution < -0.4 is 10.1 Å². The lowest BCUT2D eigenvalue weighted by atomic mass is 9.87. The van der Waals surface area contributed by atoms with Gasteiger partial charge in [-0.2, -0.15) is 0 Å². The summed E-state index contributed by atoms with van der Waals surface area (Å²) in [5.74, 6) is 0.908. The fraction of sp³-hybridized carbons (Fsp3) is 0.409. The Morgan fingerprint density at radius 2 is 1.77 bits per heavy atom. The number of ether oxygens (including phenoxy) is 1. The molecule has 4 heteroatoms. The topological polar surface area (TPSA) is 38.3 Å². The van der Waals surface area contributed by atoms with Crippen LogP contribution in [0, 0.1) is 26.2 Å². The van der Waals surface area contributed by atoms with Gasteiger partial charge in [0.05, 0.1) is 6.61 Å². The van der Waals surface area contributed by atoms with Crippen LogP contribution in [0.2, 0.25) is 5.02 Å². The first-order valence-electron chi connectivity index (χ1n) is 8.97. The van der Waals surface area contributed by atoms with Crippen LogP contribution in [0.3, 0.4) is 0 Å². The zero-order chi connectivity index (χ0) is 19.3. The lowest BCUT2D eigenvalue weighted by Gasteiger charge is -2.24. The van der Waals surface area contributed by atoms with Gasteiger partial charge in [-0.05, 0) is 68.5 Å². The number of carbonyl (C=O) groups is 1. The lowest BCUT2D eigenvalue weighted by molar-refractivity contribution is -0.124. The Labute approximate surface area is 161 Å². The Hall–Kier alpha value is -2.00. The van der Waals surface area contributed by atoms with Gasteiger partial charge in [-0.1, -0.05) is 43.6 Å². The number of nitrogens with one attached hydrogen (secondary N) is 1. The quantitative estimate of drug-likeness (QED) is 0.596. The summed E-state index contributed by atoms with van der Waals surface area (Å²) >= 11 is 6.13. The summed E-state index contributed by atoms with van der Waals surface area (Å²) in [5.41, 5.74) is 3.55. The van der Waals surface area contributed by atoms with Crippen LogP contribution in [0.4, 0.5) is 5.69 Å². The van der Waals surface area contributed by atoms with Gasteiger partial charge >= 0.3 is 0 Å². The SMILES string of the molecule is Cc1ccc(C)c(OCCCC(C)(C)C(=O)Nc2ccc(C)c(Cl)c2)c1. The molecule has 1 amide bonds. The van der Waals surface area contributed by atoms with Gasteiger partial charge in [-0.25, -0.2) is 0 Å². The van der Waals surface area contributed by atoms with Gasteiger partial charge in [0.25, 0.3) is 0 Å². The van der Waals surface area contributed by atoms with E-state index in [4.69, 9.17) is 16.3 Å². The zero-order valence-corrected chi connectivity index (χ0v) is 17.0. The van der Waals surface area contributed by atoms with E-state index in [2.05, 4.69) is 24.4 Å². The smallest absolute Gasteiger partial charge is 0.230 e. The molecule has 2 aromatic carbocycles. The van der Waals surface area contributed by atoms with E-state index < -0.39 is 5.41 Å². The summed E-state index contributed by atoms with van der Waals surface area (Å²) < 4.78 is 5.89. The van der Waals surface area contributed by atoms with Crippen LogP contribution in [-0.2, 0) is 4.79 Å². The molecule has 0 saturated heterocycles. The molecule has 3 nitrogen and oxygen atoms in total. The molecule has 0 atom stereocenters. The van der Waals surface area contributed by atoms with Gasteiger partial charge in [-0.15, -0.1) is 0 Å². The van der Waals surface area contributed by atoms with Crippen molar-refractivity contribution in [1.29, 1.82) is 0 Å². The standard InChI is InChI=1S/C22H28ClNO2/c1-15-7-8-17(3)20(13-15)26-12-6-11-22(4,5)21(25)24-18-10-9-16(2)19(23)14-18/h7-10,13-14H,6,11-12H2,1-5H3,(H,24,25). The van der Waals surface area contributed by atoms with Crippen molar-refractivity contribution in [2.45, 2.75) is 47.5 Å². The van der Waals surface area contributed by atoms with Crippen LogP contribution >= 0.6 is 11.6 Å². The minimum absolute atomic E-state index is 0.0100. The van der Waals surface area contributed by atoms with Crippen molar-refractivity contribution in [1.82, 2.24) is 0 Å². The van der Waals surface area contributed by atoms with E-state index in [9.17, 15) is 4.79 Å². The molecule has 26 heavy (non-hydrogen) atoms. The normalized spacial score (nSPS) is 11.3. The Kier molecular flexibility index (Phi) is 6.71. The van der Waals surface area contributed by atoms with Crippen LogP contribution in [0.1, 0.15) is 43.4 Å². The van der Waals surface area contributed by atoms with Crippen molar-refractivity contribution in [3.63, 3.8) is 0 Å². The molecule has 0 bridgehead atoms. The summed E-state index contributed by atoms with van der Waals surface area (Å²) in [6.07, 6.45) is 1.55. The predicted molar refractivity (Wildman–Crippen MR) is 109 cm³/mol. The minimum Gasteiger partial charge on any atom is -0.493 e. The third kappa shape index (κ3) is 5.50. The molecule has 0 aliphatic heterocycles. The van der Waals surface area contributed by atoms with Crippen LogP contribution in [0.15, 0.2) is 36.4 Å². The van der Waals surface area contributed by atoms with Crippen molar-refractivity contribution in [3.8, 4) is 5.75 Å². The van der Waals surface area contributed by atoms with Gasteiger partial charge in [0.2, 0.25) is 5.91 Å². The van der Waals surface area contributed by atoms with E-state index in [1.165, 1.54) is 5.56 Å². The van der Waals surface area contributed by atoms with Gasteiger partial charge in [0, 0.05) is 16.1 Å². The number of halogens is 1. The molecule has 1 N–H and O–H groups in total. The summed E-state index contributed by atoms with van der Waals surface area (Å²) in [6, 6.07) is 11.8. The highest BCUT2D eigenvalue weighted by Crippen LogP contribution is 2.27. The van der Waals surface area contributed by atoms with E-state index in [1.807, 2.05) is 45.9 Å².